The number of benzene rings is 2. The second-order valence-corrected chi connectivity index (χ2v) is 9.96. The van der Waals surface area contributed by atoms with Crippen molar-refractivity contribution in [3.63, 3.8) is 0 Å². The monoisotopic (exact) mass is 478 g/mol. The van der Waals surface area contributed by atoms with Crippen LogP contribution in [0.4, 0.5) is 11.5 Å². The summed E-state index contributed by atoms with van der Waals surface area (Å²) in [7, 11) is -3.75. The number of amides is 2. The van der Waals surface area contributed by atoms with Crippen molar-refractivity contribution in [2.75, 3.05) is 23.1 Å². The predicted molar refractivity (Wildman–Crippen MR) is 130 cm³/mol. The molecule has 1 aromatic heterocycles. The van der Waals surface area contributed by atoms with Gasteiger partial charge in [0, 0.05) is 36.5 Å². The van der Waals surface area contributed by atoms with Gasteiger partial charge in [-0.25, -0.2) is 13.4 Å². The summed E-state index contributed by atoms with van der Waals surface area (Å²) >= 11 is 0. The molecule has 0 unspecified atom stereocenters. The zero-order valence-electron chi connectivity index (χ0n) is 18.8. The standard InChI is InChI=1S/C25H26N4O4S/c1-18-10-13-26-23(16-18)27-24(30)19-11-14-29(15-12-19)25(31)20-6-5-7-21(17-20)28-34(32,33)22-8-3-2-4-9-22/h2-10,13,16-17,19,28H,11-12,14-15H2,1H3,(H,26,27,30). The zero-order chi connectivity index (χ0) is 24.1. The van der Waals surface area contributed by atoms with Gasteiger partial charge >= 0.3 is 0 Å². The first-order valence-corrected chi connectivity index (χ1v) is 12.5. The van der Waals surface area contributed by atoms with Crippen molar-refractivity contribution in [1.82, 2.24) is 9.88 Å². The Morgan fingerprint density at radius 2 is 1.71 bits per heavy atom. The van der Waals surface area contributed by atoms with Gasteiger partial charge in [-0.15, -0.1) is 0 Å². The second-order valence-electron chi connectivity index (χ2n) is 8.27. The molecule has 2 aromatic carbocycles. The third-order valence-electron chi connectivity index (χ3n) is 5.73. The number of piperidine rings is 1. The molecule has 0 aliphatic carbocycles. The van der Waals surface area contributed by atoms with Crippen LogP contribution >= 0.6 is 0 Å². The Kier molecular flexibility index (Phi) is 6.93. The summed E-state index contributed by atoms with van der Waals surface area (Å²) in [5, 5.41) is 2.85. The minimum Gasteiger partial charge on any atom is -0.339 e. The number of sulfonamides is 1. The highest BCUT2D eigenvalue weighted by Gasteiger charge is 2.28. The van der Waals surface area contributed by atoms with Crippen LogP contribution in [0, 0.1) is 12.8 Å². The third kappa shape index (κ3) is 5.60. The van der Waals surface area contributed by atoms with E-state index in [1.54, 1.807) is 47.5 Å². The summed E-state index contributed by atoms with van der Waals surface area (Å²) in [5.74, 6) is 0.0381. The summed E-state index contributed by atoms with van der Waals surface area (Å²) in [6.07, 6.45) is 2.74. The van der Waals surface area contributed by atoms with Crippen molar-refractivity contribution in [1.29, 1.82) is 0 Å². The third-order valence-corrected chi connectivity index (χ3v) is 7.13. The van der Waals surface area contributed by atoms with Crippen LogP contribution in [0.2, 0.25) is 0 Å². The van der Waals surface area contributed by atoms with Crippen LogP contribution in [-0.2, 0) is 14.8 Å². The van der Waals surface area contributed by atoms with Crippen molar-refractivity contribution in [2.24, 2.45) is 5.92 Å². The molecule has 1 saturated heterocycles. The smallest absolute Gasteiger partial charge is 0.261 e. The molecule has 4 rings (SSSR count). The van der Waals surface area contributed by atoms with Gasteiger partial charge in [0.2, 0.25) is 5.91 Å². The Hall–Kier alpha value is -3.72. The normalized spacial score (nSPS) is 14.4. The first kappa shape index (κ1) is 23.4. The van der Waals surface area contributed by atoms with Gasteiger partial charge in [0.25, 0.3) is 15.9 Å². The molecule has 2 heterocycles. The summed E-state index contributed by atoms with van der Waals surface area (Å²) in [6, 6.07) is 18.2. The van der Waals surface area contributed by atoms with E-state index in [2.05, 4.69) is 15.0 Å². The fraction of sp³-hybridized carbons (Fsp3) is 0.240. The Morgan fingerprint density at radius 3 is 2.41 bits per heavy atom. The number of carbonyl (C=O) groups excluding carboxylic acids is 2. The lowest BCUT2D eigenvalue weighted by Gasteiger charge is -2.31. The minimum absolute atomic E-state index is 0.0949. The van der Waals surface area contributed by atoms with E-state index in [1.165, 1.54) is 18.2 Å². The SMILES string of the molecule is Cc1ccnc(NC(=O)C2CCN(C(=O)c3cccc(NS(=O)(=O)c4ccccc4)c3)CC2)c1. The average Bonchev–Trinajstić information content (AvgIpc) is 2.84. The number of carbonyl (C=O) groups is 2. The molecule has 2 N–H and O–H groups in total. The van der Waals surface area contributed by atoms with E-state index >= 15 is 0 Å². The van der Waals surface area contributed by atoms with Gasteiger partial charge in [-0.1, -0.05) is 24.3 Å². The molecule has 0 radical (unpaired) electrons. The number of rotatable bonds is 6. The average molecular weight is 479 g/mol. The first-order valence-electron chi connectivity index (χ1n) is 11.0. The number of hydrogen-bond acceptors (Lipinski definition) is 5. The highest BCUT2D eigenvalue weighted by atomic mass is 32.2. The molecule has 3 aromatic rings. The highest BCUT2D eigenvalue weighted by molar-refractivity contribution is 7.92. The fourth-order valence-electron chi connectivity index (χ4n) is 3.89. The second kappa shape index (κ2) is 10.0. The molecule has 176 valence electrons. The van der Waals surface area contributed by atoms with Crippen LogP contribution < -0.4 is 10.0 Å². The Bertz CT molecular complexity index is 1290. The molecule has 1 aliphatic rings. The summed E-state index contributed by atoms with van der Waals surface area (Å²) in [5.41, 5.74) is 1.72. The maximum atomic E-state index is 13.0. The van der Waals surface area contributed by atoms with E-state index in [0.717, 1.165) is 5.56 Å². The van der Waals surface area contributed by atoms with Crippen molar-refractivity contribution in [3.8, 4) is 0 Å². The van der Waals surface area contributed by atoms with E-state index < -0.39 is 10.0 Å². The van der Waals surface area contributed by atoms with Crippen LogP contribution in [-0.4, -0.2) is 43.2 Å². The number of aryl methyl sites for hydroxylation is 1. The van der Waals surface area contributed by atoms with Crippen LogP contribution in [0.25, 0.3) is 0 Å². The highest BCUT2D eigenvalue weighted by Crippen LogP contribution is 2.23. The Balaban J connectivity index is 1.36. The van der Waals surface area contributed by atoms with E-state index in [9.17, 15) is 18.0 Å². The van der Waals surface area contributed by atoms with Crippen molar-refractivity contribution >= 4 is 33.3 Å². The van der Waals surface area contributed by atoms with Crippen molar-refractivity contribution < 1.29 is 18.0 Å². The van der Waals surface area contributed by atoms with Crippen LogP contribution in [0.5, 0.6) is 0 Å². The molecule has 34 heavy (non-hydrogen) atoms. The summed E-state index contributed by atoms with van der Waals surface area (Å²) in [4.78, 5) is 31.6. The van der Waals surface area contributed by atoms with Crippen LogP contribution in [0.1, 0.15) is 28.8 Å². The molecular formula is C25H26N4O4S. The molecule has 2 amide bonds. The summed E-state index contributed by atoms with van der Waals surface area (Å²) < 4.78 is 27.7. The number of pyridine rings is 1. The van der Waals surface area contributed by atoms with Gasteiger partial charge in [-0.05, 0) is 67.8 Å². The number of nitrogens with zero attached hydrogens (tertiary/aromatic N) is 2. The topological polar surface area (TPSA) is 108 Å². The Morgan fingerprint density at radius 1 is 0.971 bits per heavy atom. The van der Waals surface area contributed by atoms with E-state index in [4.69, 9.17) is 0 Å². The number of nitrogens with one attached hydrogen (secondary N) is 2. The molecule has 9 heteroatoms. The Labute approximate surface area is 199 Å². The lowest BCUT2D eigenvalue weighted by Crippen LogP contribution is -2.41. The molecule has 0 atom stereocenters. The molecule has 0 spiro atoms. The maximum absolute atomic E-state index is 13.0. The van der Waals surface area contributed by atoms with Gasteiger partial charge in [0.1, 0.15) is 5.82 Å². The maximum Gasteiger partial charge on any atom is 0.261 e. The lowest BCUT2D eigenvalue weighted by molar-refractivity contribution is -0.121. The first-order chi connectivity index (χ1) is 16.3. The van der Waals surface area contributed by atoms with E-state index in [-0.39, 0.29) is 22.6 Å². The molecule has 0 saturated carbocycles. The lowest BCUT2D eigenvalue weighted by atomic mass is 9.95. The zero-order valence-corrected chi connectivity index (χ0v) is 19.6. The predicted octanol–water partition coefficient (Wildman–Crippen LogP) is 3.68. The quantitative estimate of drug-likeness (QED) is 0.562. The van der Waals surface area contributed by atoms with Crippen LogP contribution in [0.3, 0.4) is 0 Å². The molecule has 0 bridgehead atoms. The number of aromatic nitrogens is 1. The molecule has 1 aliphatic heterocycles. The van der Waals surface area contributed by atoms with Gasteiger partial charge in [0.15, 0.2) is 0 Å². The largest absolute Gasteiger partial charge is 0.339 e. The van der Waals surface area contributed by atoms with Gasteiger partial charge < -0.3 is 10.2 Å². The van der Waals surface area contributed by atoms with Gasteiger partial charge in [-0.3, -0.25) is 14.3 Å². The number of likely N-dealkylation sites (tertiary alicyclic amines) is 1. The van der Waals surface area contributed by atoms with Gasteiger partial charge in [-0.2, -0.15) is 0 Å². The van der Waals surface area contributed by atoms with E-state index in [1.807, 2.05) is 19.1 Å². The van der Waals surface area contributed by atoms with Crippen LogP contribution in [0.15, 0.2) is 77.8 Å². The van der Waals surface area contributed by atoms with Crippen molar-refractivity contribution in [3.05, 3.63) is 84.1 Å². The van der Waals surface area contributed by atoms with Crippen molar-refractivity contribution in [2.45, 2.75) is 24.7 Å². The number of anilines is 2. The minimum atomic E-state index is -3.75. The van der Waals surface area contributed by atoms with Gasteiger partial charge in [0.05, 0.1) is 4.90 Å². The molecule has 1 fully saturated rings. The fourth-order valence-corrected chi connectivity index (χ4v) is 4.96. The molecule has 8 nitrogen and oxygen atoms in total. The van der Waals surface area contributed by atoms with E-state index in [0.29, 0.717) is 43.0 Å². The number of hydrogen-bond donors (Lipinski definition) is 2. The molecular weight excluding hydrogens is 452 g/mol. The summed E-state index contributed by atoms with van der Waals surface area (Å²) in [6.45, 7) is 2.82.